The Bertz CT molecular complexity index is 568. The molecule has 1 aromatic carbocycles. The highest BCUT2D eigenvalue weighted by Gasteiger charge is 2.13. The Morgan fingerprint density at radius 3 is 2.33 bits per heavy atom. The van der Waals surface area contributed by atoms with Crippen molar-refractivity contribution in [3.8, 4) is 0 Å². The number of H-pyrrole nitrogens is 1. The molecule has 0 bridgehead atoms. The van der Waals surface area contributed by atoms with Gasteiger partial charge in [-0.3, -0.25) is 9.89 Å². The van der Waals surface area contributed by atoms with Crippen LogP contribution in [0.1, 0.15) is 21.7 Å². The van der Waals surface area contributed by atoms with Gasteiger partial charge in [-0.05, 0) is 26.0 Å². The third kappa shape index (κ3) is 2.37. The predicted octanol–water partition coefficient (Wildman–Crippen LogP) is 2.56. The lowest BCUT2D eigenvalue weighted by atomic mass is 10.2. The Hall–Kier alpha value is -2.24. The van der Waals surface area contributed by atoms with Gasteiger partial charge in [0.2, 0.25) is 0 Å². The van der Waals surface area contributed by atoms with Crippen molar-refractivity contribution in [1.82, 2.24) is 10.2 Å². The fourth-order valence-electron chi connectivity index (χ4n) is 1.61. The number of halogens is 2. The number of aromatic amines is 1. The van der Waals surface area contributed by atoms with E-state index in [1.807, 2.05) is 0 Å². The number of carbonyl (C=O) groups excluding carboxylic acids is 1. The van der Waals surface area contributed by atoms with Crippen molar-refractivity contribution in [2.45, 2.75) is 13.8 Å². The first kappa shape index (κ1) is 12.2. The van der Waals surface area contributed by atoms with Crippen LogP contribution in [0.3, 0.4) is 0 Å². The molecule has 0 saturated heterocycles. The van der Waals surface area contributed by atoms with Crippen LogP contribution in [0.2, 0.25) is 0 Å². The standard InChI is InChI=1S/C12H11F2N3O/c1-6-11(7(2)17-16-6)15-12(18)8-3-9(13)5-10(14)4-8/h3-5H,1-2H3,(H,15,18)(H,16,17). The zero-order valence-electron chi connectivity index (χ0n) is 9.84. The number of hydrogen-bond acceptors (Lipinski definition) is 2. The number of carbonyl (C=O) groups is 1. The van der Waals surface area contributed by atoms with Crippen molar-refractivity contribution in [3.63, 3.8) is 0 Å². The van der Waals surface area contributed by atoms with Crippen LogP contribution >= 0.6 is 0 Å². The summed E-state index contributed by atoms with van der Waals surface area (Å²) in [6.07, 6.45) is 0. The number of nitrogens with one attached hydrogen (secondary N) is 2. The summed E-state index contributed by atoms with van der Waals surface area (Å²) < 4.78 is 26.0. The Kier molecular flexibility index (Phi) is 3.10. The van der Waals surface area contributed by atoms with Gasteiger partial charge in [-0.1, -0.05) is 0 Å². The van der Waals surface area contributed by atoms with Crippen LogP contribution < -0.4 is 5.32 Å². The van der Waals surface area contributed by atoms with Gasteiger partial charge >= 0.3 is 0 Å². The van der Waals surface area contributed by atoms with Crippen molar-refractivity contribution in [2.24, 2.45) is 0 Å². The van der Waals surface area contributed by atoms with Crippen LogP contribution in [-0.2, 0) is 0 Å². The Morgan fingerprint density at radius 2 is 1.83 bits per heavy atom. The smallest absolute Gasteiger partial charge is 0.255 e. The molecule has 2 aromatic rings. The molecule has 1 heterocycles. The number of benzene rings is 1. The highest BCUT2D eigenvalue weighted by atomic mass is 19.1. The minimum atomic E-state index is -0.791. The van der Waals surface area contributed by atoms with Crippen molar-refractivity contribution >= 4 is 11.6 Å². The molecule has 0 saturated carbocycles. The largest absolute Gasteiger partial charge is 0.319 e. The zero-order chi connectivity index (χ0) is 13.3. The van der Waals surface area contributed by atoms with E-state index < -0.39 is 17.5 Å². The van der Waals surface area contributed by atoms with E-state index in [1.165, 1.54) is 0 Å². The molecule has 2 N–H and O–H groups in total. The SMILES string of the molecule is Cc1n[nH]c(C)c1NC(=O)c1cc(F)cc(F)c1. The lowest BCUT2D eigenvalue weighted by molar-refractivity contribution is 0.102. The van der Waals surface area contributed by atoms with Crippen LogP contribution in [0.5, 0.6) is 0 Å². The van der Waals surface area contributed by atoms with Gasteiger partial charge in [0.1, 0.15) is 11.6 Å². The summed E-state index contributed by atoms with van der Waals surface area (Å²) in [5.41, 5.74) is 1.73. The third-order valence-corrected chi connectivity index (χ3v) is 2.49. The highest BCUT2D eigenvalue weighted by molar-refractivity contribution is 6.04. The van der Waals surface area contributed by atoms with Gasteiger partial charge in [0.05, 0.1) is 17.1 Å². The average molecular weight is 251 g/mol. The van der Waals surface area contributed by atoms with Gasteiger partial charge < -0.3 is 5.32 Å². The normalized spacial score (nSPS) is 10.4. The number of hydrogen-bond donors (Lipinski definition) is 2. The first-order valence-corrected chi connectivity index (χ1v) is 5.26. The minimum Gasteiger partial charge on any atom is -0.319 e. The van der Waals surface area contributed by atoms with Crippen molar-refractivity contribution in [1.29, 1.82) is 0 Å². The second-order valence-electron chi connectivity index (χ2n) is 3.92. The Morgan fingerprint density at radius 1 is 1.22 bits per heavy atom. The van der Waals surface area contributed by atoms with E-state index in [1.54, 1.807) is 13.8 Å². The summed E-state index contributed by atoms with van der Waals surface area (Å²) in [4.78, 5) is 11.8. The molecule has 94 valence electrons. The first-order valence-electron chi connectivity index (χ1n) is 5.26. The molecule has 0 radical (unpaired) electrons. The van der Waals surface area contributed by atoms with Crippen LogP contribution in [0.4, 0.5) is 14.5 Å². The Balaban J connectivity index is 2.27. The van der Waals surface area contributed by atoms with Gasteiger partial charge in [0.25, 0.3) is 5.91 Å². The summed E-state index contributed by atoms with van der Waals surface area (Å²) >= 11 is 0. The molecule has 0 aliphatic rings. The molecule has 0 aliphatic carbocycles. The maximum absolute atomic E-state index is 13.0. The second-order valence-corrected chi connectivity index (χ2v) is 3.92. The van der Waals surface area contributed by atoms with Crippen LogP contribution in [0.15, 0.2) is 18.2 Å². The maximum Gasteiger partial charge on any atom is 0.255 e. The summed E-state index contributed by atoms with van der Waals surface area (Å²) in [6.45, 7) is 3.45. The van der Waals surface area contributed by atoms with Crippen LogP contribution in [0, 0.1) is 25.5 Å². The molecule has 1 aromatic heterocycles. The highest BCUT2D eigenvalue weighted by Crippen LogP contribution is 2.18. The molecule has 0 aliphatic heterocycles. The van der Waals surface area contributed by atoms with E-state index in [0.717, 1.165) is 12.1 Å². The molecule has 6 heteroatoms. The lowest BCUT2D eigenvalue weighted by Crippen LogP contribution is -2.13. The van der Waals surface area contributed by atoms with Gasteiger partial charge in [-0.15, -0.1) is 0 Å². The molecule has 18 heavy (non-hydrogen) atoms. The van der Waals surface area contributed by atoms with Crippen LogP contribution in [0.25, 0.3) is 0 Å². The molecule has 0 fully saturated rings. The molecule has 2 rings (SSSR count). The Labute approximate surface area is 102 Å². The zero-order valence-corrected chi connectivity index (χ0v) is 9.84. The van der Waals surface area contributed by atoms with Crippen molar-refractivity contribution in [3.05, 3.63) is 46.8 Å². The van der Waals surface area contributed by atoms with E-state index in [0.29, 0.717) is 23.1 Å². The first-order chi connectivity index (χ1) is 8.47. The van der Waals surface area contributed by atoms with Gasteiger partial charge in [-0.25, -0.2) is 8.78 Å². The molecule has 0 atom stereocenters. The minimum absolute atomic E-state index is 0.0764. The van der Waals surface area contributed by atoms with E-state index >= 15 is 0 Å². The average Bonchev–Trinajstić information content (AvgIpc) is 2.59. The molecular formula is C12H11F2N3O. The maximum atomic E-state index is 13.0. The topological polar surface area (TPSA) is 57.8 Å². The van der Waals surface area contributed by atoms with E-state index in [9.17, 15) is 13.6 Å². The van der Waals surface area contributed by atoms with Gasteiger partial charge in [-0.2, -0.15) is 5.10 Å². The van der Waals surface area contributed by atoms with Gasteiger partial charge in [0, 0.05) is 11.6 Å². The molecular weight excluding hydrogens is 240 g/mol. The number of rotatable bonds is 2. The van der Waals surface area contributed by atoms with Crippen molar-refractivity contribution in [2.75, 3.05) is 5.32 Å². The molecule has 0 unspecified atom stereocenters. The summed E-state index contributed by atoms with van der Waals surface area (Å²) in [6, 6.07) is 2.66. The summed E-state index contributed by atoms with van der Waals surface area (Å²) in [5.74, 6) is -2.16. The lowest BCUT2D eigenvalue weighted by Gasteiger charge is -2.05. The summed E-state index contributed by atoms with van der Waals surface area (Å²) in [7, 11) is 0. The van der Waals surface area contributed by atoms with E-state index in [-0.39, 0.29) is 5.56 Å². The van der Waals surface area contributed by atoms with E-state index in [2.05, 4.69) is 15.5 Å². The second kappa shape index (κ2) is 4.56. The fraction of sp³-hybridized carbons (Fsp3) is 0.167. The quantitative estimate of drug-likeness (QED) is 0.861. The summed E-state index contributed by atoms with van der Waals surface area (Å²) in [5, 5.41) is 9.18. The fourth-order valence-corrected chi connectivity index (χ4v) is 1.61. The number of amides is 1. The third-order valence-electron chi connectivity index (χ3n) is 2.49. The number of aryl methyl sites for hydroxylation is 2. The number of aromatic nitrogens is 2. The van der Waals surface area contributed by atoms with Crippen molar-refractivity contribution < 1.29 is 13.6 Å². The molecule has 4 nitrogen and oxygen atoms in total. The van der Waals surface area contributed by atoms with Crippen LogP contribution in [-0.4, -0.2) is 16.1 Å². The number of anilines is 1. The van der Waals surface area contributed by atoms with E-state index in [4.69, 9.17) is 0 Å². The molecule has 1 amide bonds. The molecule has 0 spiro atoms. The number of nitrogens with zero attached hydrogens (tertiary/aromatic N) is 1. The van der Waals surface area contributed by atoms with Gasteiger partial charge in [0.15, 0.2) is 0 Å². The predicted molar refractivity (Wildman–Crippen MR) is 62.4 cm³/mol. The monoisotopic (exact) mass is 251 g/mol.